The molecule has 94 valence electrons. The summed E-state index contributed by atoms with van der Waals surface area (Å²) in [4.78, 5) is 11.9. The smallest absolute Gasteiger partial charge is 0.224 e. The van der Waals surface area contributed by atoms with Crippen molar-refractivity contribution in [3.63, 3.8) is 0 Å². The lowest BCUT2D eigenvalue weighted by atomic mass is 10.1. The molecule has 0 saturated carbocycles. The minimum absolute atomic E-state index is 0.0127. The van der Waals surface area contributed by atoms with Gasteiger partial charge in [-0.2, -0.15) is 0 Å². The molecular weight excluding hydrogens is 325 g/mol. The molecule has 5 heteroatoms. The van der Waals surface area contributed by atoms with Crippen LogP contribution in [0, 0.1) is 0 Å². The van der Waals surface area contributed by atoms with Crippen LogP contribution in [0.1, 0.15) is 18.9 Å². The maximum Gasteiger partial charge on any atom is 0.224 e. The van der Waals surface area contributed by atoms with Gasteiger partial charge in [-0.05, 0) is 24.1 Å². The van der Waals surface area contributed by atoms with Crippen molar-refractivity contribution in [1.82, 2.24) is 5.32 Å². The fraction of sp³-hybridized carbons (Fsp3) is 0.417. The highest BCUT2D eigenvalue weighted by molar-refractivity contribution is 9.09. The third kappa shape index (κ3) is 5.28. The normalized spacial score (nSPS) is 12.2. The van der Waals surface area contributed by atoms with Crippen molar-refractivity contribution in [3.05, 3.63) is 33.8 Å². The Bertz CT molecular complexity index is 398. The molecule has 0 aliphatic rings. The Morgan fingerprint density at radius 2 is 2.12 bits per heavy atom. The summed E-state index contributed by atoms with van der Waals surface area (Å²) in [6.45, 7) is 2.70. The number of halogens is 3. The van der Waals surface area contributed by atoms with Gasteiger partial charge in [-0.1, -0.05) is 52.1 Å². The van der Waals surface area contributed by atoms with E-state index in [1.807, 2.05) is 0 Å². The first kappa shape index (κ1) is 14.8. The summed E-state index contributed by atoms with van der Waals surface area (Å²) in [5.74, 6) is -0.0127. The molecule has 1 N–H and O–H groups in total. The van der Waals surface area contributed by atoms with Gasteiger partial charge in [0.05, 0.1) is 16.5 Å². The summed E-state index contributed by atoms with van der Waals surface area (Å²) in [7, 11) is 0. The first-order valence-corrected chi connectivity index (χ1v) is 7.04. The molecule has 0 spiro atoms. The maximum atomic E-state index is 11.6. The second-order valence-electron chi connectivity index (χ2n) is 3.73. The fourth-order valence-electron chi connectivity index (χ4n) is 1.27. The highest BCUT2D eigenvalue weighted by Crippen LogP contribution is 2.22. The van der Waals surface area contributed by atoms with Gasteiger partial charge in [0.25, 0.3) is 0 Å². The van der Waals surface area contributed by atoms with Crippen LogP contribution >= 0.6 is 39.1 Å². The summed E-state index contributed by atoms with van der Waals surface area (Å²) in [6.07, 6.45) is 1.30. The van der Waals surface area contributed by atoms with E-state index >= 15 is 0 Å². The molecule has 0 aromatic heterocycles. The molecule has 2 nitrogen and oxygen atoms in total. The van der Waals surface area contributed by atoms with Crippen LogP contribution in [0.25, 0.3) is 0 Å². The predicted molar refractivity (Wildman–Crippen MR) is 76.2 cm³/mol. The summed E-state index contributed by atoms with van der Waals surface area (Å²) in [5, 5.41) is 3.83. The number of hydrogen-bond donors (Lipinski definition) is 1. The second kappa shape index (κ2) is 7.24. The van der Waals surface area contributed by atoms with Crippen molar-refractivity contribution in [2.24, 2.45) is 0 Å². The van der Waals surface area contributed by atoms with Crippen LogP contribution in [0.3, 0.4) is 0 Å². The minimum Gasteiger partial charge on any atom is -0.355 e. The minimum atomic E-state index is -0.0127. The molecular formula is C12H14BrCl2NO. The quantitative estimate of drug-likeness (QED) is 0.812. The number of carbonyl (C=O) groups is 1. The first-order valence-electron chi connectivity index (χ1n) is 5.37. The van der Waals surface area contributed by atoms with E-state index in [0.29, 0.717) is 27.8 Å². The van der Waals surface area contributed by atoms with Crippen LogP contribution in [0.2, 0.25) is 10.0 Å². The zero-order valence-electron chi connectivity index (χ0n) is 9.47. The van der Waals surface area contributed by atoms with Crippen LogP contribution in [0.15, 0.2) is 18.2 Å². The number of alkyl halides is 1. The maximum absolute atomic E-state index is 11.6. The Morgan fingerprint density at radius 3 is 2.71 bits per heavy atom. The summed E-state index contributed by atoms with van der Waals surface area (Å²) in [6, 6.07) is 5.22. The van der Waals surface area contributed by atoms with Crippen molar-refractivity contribution >= 4 is 45.0 Å². The first-order chi connectivity index (χ1) is 8.02. The van der Waals surface area contributed by atoms with Gasteiger partial charge < -0.3 is 5.32 Å². The van der Waals surface area contributed by atoms with E-state index in [-0.39, 0.29) is 5.91 Å². The number of amides is 1. The Hall–Kier alpha value is -0.250. The largest absolute Gasteiger partial charge is 0.355 e. The van der Waals surface area contributed by atoms with Gasteiger partial charge in [0, 0.05) is 11.4 Å². The van der Waals surface area contributed by atoms with Gasteiger partial charge in [-0.25, -0.2) is 0 Å². The van der Waals surface area contributed by atoms with Crippen molar-refractivity contribution < 1.29 is 4.79 Å². The number of nitrogens with one attached hydrogen (secondary N) is 1. The molecule has 1 aromatic carbocycles. The van der Waals surface area contributed by atoms with E-state index in [9.17, 15) is 4.79 Å². The molecule has 1 amide bonds. The van der Waals surface area contributed by atoms with Gasteiger partial charge in [-0.15, -0.1) is 0 Å². The summed E-state index contributed by atoms with van der Waals surface area (Å²) in [5.41, 5.74) is 0.861. The lowest BCUT2D eigenvalue weighted by Crippen LogP contribution is -2.30. The standard InChI is InChI=1S/C12H14BrCl2NO/c1-2-9(13)7-16-12(17)6-8-3-4-10(14)11(15)5-8/h3-5,9H,2,6-7H2,1H3,(H,16,17). The molecule has 0 aliphatic carbocycles. The molecule has 1 unspecified atom stereocenters. The fourth-order valence-corrected chi connectivity index (χ4v) is 1.75. The third-order valence-electron chi connectivity index (χ3n) is 2.31. The highest BCUT2D eigenvalue weighted by Gasteiger charge is 2.07. The van der Waals surface area contributed by atoms with Gasteiger partial charge in [-0.3, -0.25) is 4.79 Å². The van der Waals surface area contributed by atoms with Crippen LogP contribution in [-0.4, -0.2) is 17.3 Å². The Morgan fingerprint density at radius 1 is 1.41 bits per heavy atom. The van der Waals surface area contributed by atoms with E-state index < -0.39 is 0 Å². The molecule has 0 saturated heterocycles. The van der Waals surface area contributed by atoms with Gasteiger partial charge in [0.2, 0.25) is 5.91 Å². The molecule has 0 aliphatic heterocycles. The number of hydrogen-bond acceptors (Lipinski definition) is 1. The van der Waals surface area contributed by atoms with E-state index in [4.69, 9.17) is 23.2 Å². The average Bonchev–Trinajstić information content (AvgIpc) is 2.31. The summed E-state index contributed by atoms with van der Waals surface area (Å²) >= 11 is 15.1. The van der Waals surface area contributed by atoms with Crippen LogP contribution in [0.5, 0.6) is 0 Å². The molecule has 0 fully saturated rings. The molecule has 1 aromatic rings. The van der Waals surface area contributed by atoms with E-state index in [1.54, 1.807) is 18.2 Å². The number of benzene rings is 1. The van der Waals surface area contributed by atoms with Crippen LogP contribution in [-0.2, 0) is 11.2 Å². The molecule has 17 heavy (non-hydrogen) atoms. The number of carbonyl (C=O) groups excluding carboxylic acids is 1. The third-order valence-corrected chi connectivity index (χ3v) is 4.02. The van der Waals surface area contributed by atoms with Crippen LogP contribution in [0.4, 0.5) is 0 Å². The number of rotatable bonds is 5. The summed E-state index contributed by atoms with van der Waals surface area (Å²) < 4.78 is 0. The van der Waals surface area contributed by atoms with Gasteiger partial charge in [0.1, 0.15) is 0 Å². The Balaban J connectivity index is 2.48. The zero-order valence-corrected chi connectivity index (χ0v) is 12.6. The van der Waals surface area contributed by atoms with Crippen molar-refractivity contribution in [3.8, 4) is 0 Å². The van der Waals surface area contributed by atoms with Gasteiger partial charge in [0.15, 0.2) is 0 Å². The average molecular weight is 339 g/mol. The molecule has 0 radical (unpaired) electrons. The van der Waals surface area contributed by atoms with Gasteiger partial charge >= 0.3 is 0 Å². The van der Waals surface area contributed by atoms with E-state index in [0.717, 1.165) is 12.0 Å². The lowest BCUT2D eigenvalue weighted by Gasteiger charge is -2.09. The molecule has 1 atom stereocenters. The molecule has 0 bridgehead atoms. The van der Waals surface area contributed by atoms with Crippen LogP contribution < -0.4 is 5.32 Å². The molecule has 0 heterocycles. The SMILES string of the molecule is CCC(Br)CNC(=O)Cc1ccc(Cl)c(Cl)c1. The van der Waals surface area contributed by atoms with Crippen molar-refractivity contribution in [1.29, 1.82) is 0 Å². The van der Waals surface area contributed by atoms with Crippen molar-refractivity contribution in [2.45, 2.75) is 24.6 Å². The predicted octanol–water partition coefficient (Wildman–Crippen LogP) is 3.83. The molecule has 1 rings (SSSR count). The van der Waals surface area contributed by atoms with Crippen molar-refractivity contribution in [2.75, 3.05) is 6.54 Å². The highest BCUT2D eigenvalue weighted by atomic mass is 79.9. The topological polar surface area (TPSA) is 29.1 Å². The van der Waals surface area contributed by atoms with E-state index in [1.165, 1.54) is 0 Å². The second-order valence-corrected chi connectivity index (χ2v) is 5.84. The van der Waals surface area contributed by atoms with E-state index in [2.05, 4.69) is 28.2 Å². The zero-order chi connectivity index (χ0) is 12.8. The monoisotopic (exact) mass is 337 g/mol. The Labute approximate surface area is 120 Å². The Kier molecular flexibility index (Phi) is 6.31. The lowest BCUT2D eigenvalue weighted by molar-refractivity contribution is -0.120.